The molecule has 3 rings (SSSR count). The minimum atomic E-state index is -1.11. The second-order valence-electron chi connectivity index (χ2n) is 6.15. The van der Waals surface area contributed by atoms with Gasteiger partial charge in [-0.2, -0.15) is 0 Å². The summed E-state index contributed by atoms with van der Waals surface area (Å²) < 4.78 is 16.0. The number of hydrogen-bond acceptors (Lipinski definition) is 7. The summed E-state index contributed by atoms with van der Waals surface area (Å²) in [6.45, 7) is 3.86. The van der Waals surface area contributed by atoms with Crippen LogP contribution < -0.4 is 14.8 Å². The number of aryl methyl sites for hydroxylation is 1. The van der Waals surface area contributed by atoms with E-state index in [1.807, 2.05) is 0 Å². The number of carbonyl (C=O) groups is 2. The third-order valence-corrected chi connectivity index (χ3v) is 4.10. The molecule has 9 nitrogen and oxygen atoms in total. The van der Waals surface area contributed by atoms with Crippen molar-refractivity contribution in [2.45, 2.75) is 20.0 Å². The number of rotatable bonds is 5. The number of fused-ring (bicyclic) bond motifs is 1. The van der Waals surface area contributed by atoms with E-state index in [2.05, 4.69) is 5.32 Å². The van der Waals surface area contributed by atoms with Crippen molar-refractivity contribution in [3.8, 4) is 11.5 Å². The van der Waals surface area contributed by atoms with E-state index in [-0.39, 0.29) is 11.3 Å². The molecule has 1 aliphatic rings. The fourth-order valence-corrected chi connectivity index (χ4v) is 2.58. The number of benzene rings is 2. The Balaban J connectivity index is 1.65. The zero-order chi connectivity index (χ0) is 20.3. The predicted octanol–water partition coefficient (Wildman–Crippen LogP) is 2.86. The molecule has 0 unspecified atom stereocenters. The van der Waals surface area contributed by atoms with Gasteiger partial charge in [-0.15, -0.1) is 0 Å². The SMILES string of the molecule is Cc1ccc(C(=O)O[C@@H](C)C(=O)Nc2ccc3c(c2)OCCO3)cc1[N+](=O)[O-]. The zero-order valence-electron chi connectivity index (χ0n) is 15.3. The maximum atomic E-state index is 12.3. The van der Waals surface area contributed by atoms with E-state index in [0.29, 0.717) is 36.0 Å². The zero-order valence-corrected chi connectivity index (χ0v) is 15.3. The summed E-state index contributed by atoms with van der Waals surface area (Å²) >= 11 is 0. The molecular formula is C19H18N2O7. The molecule has 0 aliphatic carbocycles. The van der Waals surface area contributed by atoms with E-state index >= 15 is 0 Å². The summed E-state index contributed by atoms with van der Waals surface area (Å²) in [7, 11) is 0. The molecule has 9 heteroatoms. The number of esters is 1. The molecule has 1 N–H and O–H groups in total. The van der Waals surface area contributed by atoms with Gasteiger partial charge >= 0.3 is 5.97 Å². The van der Waals surface area contributed by atoms with Crippen LogP contribution >= 0.6 is 0 Å². The summed E-state index contributed by atoms with van der Waals surface area (Å²) in [5.74, 6) is -0.273. The summed E-state index contributed by atoms with van der Waals surface area (Å²) in [5.41, 5.74) is 0.688. The van der Waals surface area contributed by atoms with Crippen LogP contribution in [0.25, 0.3) is 0 Å². The van der Waals surface area contributed by atoms with Crippen molar-refractivity contribution >= 4 is 23.3 Å². The van der Waals surface area contributed by atoms with Gasteiger partial charge in [0.2, 0.25) is 0 Å². The van der Waals surface area contributed by atoms with E-state index in [4.69, 9.17) is 14.2 Å². The van der Waals surface area contributed by atoms with E-state index in [1.165, 1.54) is 19.1 Å². The first-order chi connectivity index (χ1) is 13.3. The monoisotopic (exact) mass is 386 g/mol. The maximum Gasteiger partial charge on any atom is 0.339 e. The number of amides is 1. The molecule has 146 valence electrons. The quantitative estimate of drug-likeness (QED) is 0.477. The Morgan fingerprint density at radius 3 is 2.57 bits per heavy atom. The summed E-state index contributed by atoms with van der Waals surface area (Å²) in [4.78, 5) is 35.0. The van der Waals surface area contributed by atoms with Crippen LogP contribution in [-0.2, 0) is 9.53 Å². The molecule has 1 heterocycles. The van der Waals surface area contributed by atoms with Crippen molar-refractivity contribution < 1.29 is 28.7 Å². The van der Waals surface area contributed by atoms with Gasteiger partial charge in [-0.25, -0.2) is 4.79 Å². The highest BCUT2D eigenvalue weighted by Gasteiger charge is 2.22. The Kier molecular flexibility index (Phi) is 5.44. The Hall–Kier alpha value is -3.62. The minimum absolute atomic E-state index is 0.00344. The van der Waals surface area contributed by atoms with E-state index < -0.39 is 22.9 Å². The smallest absolute Gasteiger partial charge is 0.339 e. The lowest BCUT2D eigenvalue weighted by Gasteiger charge is -2.19. The molecule has 2 aromatic carbocycles. The highest BCUT2D eigenvalue weighted by atomic mass is 16.6. The Morgan fingerprint density at radius 2 is 1.86 bits per heavy atom. The van der Waals surface area contributed by atoms with Gasteiger partial charge in [-0.05, 0) is 32.0 Å². The van der Waals surface area contributed by atoms with Gasteiger partial charge in [-0.3, -0.25) is 14.9 Å². The Labute approximate surface area is 160 Å². The first-order valence-corrected chi connectivity index (χ1v) is 8.51. The van der Waals surface area contributed by atoms with Crippen LogP contribution in [0.2, 0.25) is 0 Å². The van der Waals surface area contributed by atoms with E-state index in [1.54, 1.807) is 25.1 Å². The van der Waals surface area contributed by atoms with Crippen molar-refractivity contribution in [1.29, 1.82) is 0 Å². The van der Waals surface area contributed by atoms with E-state index in [0.717, 1.165) is 6.07 Å². The number of nitro groups is 1. The summed E-state index contributed by atoms with van der Waals surface area (Å²) in [6.07, 6.45) is -1.11. The molecule has 1 atom stereocenters. The number of nitrogens with zero attached hydrogens (tertiary/aromatic N) is 1. The third-order valence-electron chi connectivity index (χ3n) is 4.10. The molecule has 0 aromatic heterocycles. The highest BCUT2D eigenvalue weighted by molar-refractivity contribution is 5.97. The number of nitro benzene ring substituents is 1. The Bertz CT molecular complexity index is 942. The van der Waals surface area contributed by atoms with Crippen molar-refractivity contribution in [2.75, 3.05) is 18.5 Å². The van der Waals surface area contributed by atoms with Gasteiger partial charge in [0.25, 0.3) is 11.6 Å². The number of nitrogens with one attached hydrogen (secondary N) is 1. The normalized spacial score (nSPS) is 13.4. The number of carbonyl (C=O) groups excluding carboxylic acids is 2. The lowest BCUT2D eigenvalue weighted by Crippen LogP contribution is -2.30. The molecule has 0 bridgehead atoms. The standard InChI is InChI=1S/C19H18N2O7/c1-11-3-4-13(9-15(11)21(24)25)19(23)28-12(2)18(22)20-14-5-6-16-17(10-14)27-8-7-26-16/h3-6,9-10,12H,7-8H2,1-2H3,(H,20,22)/t12-/m0/s1. The molecule has 28 heavy (non-hydrogen) atoms. The van der Waals surface area contributed by atoms with Gasteiger partial charge in [0, 0.05) is 23.4 Å². The third kappa shape index (κ3) is 4.20. The lowest BCUT2D eigenvalue weighted by molar-refractivity contribution is -0.385. The molecule has 1 amide bonds. The fourth-order valence-electron chi connectivity index (χ4n) is 2.58. The topological polar surface area (TPSA) is 117 Å². The molecule has 0 saturated carbocycles. The molecule has 0 radical (unpaired) electrons. The van der Waals surface area contributed by atoms with Crippen molar-refractivity contribution in [1.82, 2.24) is 0 Å². The molecule has 0 saturated heterocycles. The van der Waals surface area contributed by atoms with Gasteiger partial charge in [0.05, 0.1) is 10.5 Å². The Morgan fingerprint density at radius 1 is 1.14 bits per heavy atom. The predicted molar refractivity (Wildman–Crippen MR) is 98.8 cm³/mol. The van der Waals surface area contributed by atoms with Gasteiger partial charge in [-0.1, -0.05) is 6.07 Å². The van der Waals surface area contributed by atoms with Crippen LogP contribution in [-0.4, -0.2) is 36.1 Å². The van der Waals surface area contributed by atoms with Crippen LogP contribution in [0.4, 0.5) is 11.4 Å². The lowest BCUT2D eigenvalue weighted by atomic mass is 10.1. The average Bonchev–Trinajstić information content (AvgIpc) is 2.67. The van der Waals surface area contributed by atoms with Crippen molar-refractivity contribution in [2.24, 2.45) is 0 Å². The highest BCUT2D eigenvalue weighted by Crippen LogP contribution is 2.32. The second-order valence-corrected chi connectivity index (χ2v) is 6.15. The fraction of sp³-hybridized carbons (Fsp3) is 0.263. The number of anilines is 1. The maximum absolute atomic E-state index is 12.3. The van der Waals surface area contributed by atoms with Gasteiger partial charge in [0.1, 0.15) is 13.2 Å². The van der Waals surface area contributed by atoms with Gasteiger partial charge < -0.3 is 19.5 Å². The minimum Gasteiger partial charge on any atom is -0.486 e. The average molecular weight is 386 g/mol. The summed E-state index contributed by atoms with van der Waals surface area (Å²) in [6, 6.07) is 8.92. The largest absolute Gasteiger partial charge is 0.486 e. The summed E-state index contributed by atoms with van der Waals surface area (Å²) in [5, 5.41) is 13.6. The second kappa shape index (κ2) is 7.95. The van der Waals surface area contributed by atoms with Crippen LogP contribution in [0.5, 0.6) is 11.5 Å². The van der Waals surface area contributed by atoms with Crippen molar-refractivity contribution in [3.05, 3.63) is 57.6 Å². The van der Waals surface area contributed by atoms with Crippen LogP contribution in [0, 0.1) is 17.0 Å². The van der Waals surface area contributed by atoms with E-state index in [9.17, 15) is 19.7 Å². The van der Waals surface area contributed by atoms with Crippen LogP contribution in [0.1, 0.15) is 22.8 Å². The first-order valence-electron chi connectivity index (χ1n) is 8.51. The van der Waals surface area contributed by atoms with Gasteiger partial charge in [0.15, 0.2) is 17.6 Å². The molecule has 2 aromatic rings. The molecule has 1 aliphatic heterocycles. The van der Waals surface area contributed by atoms with Crippen LogP contribution in [0.3, 0.4) is 0 Å². The molecule has 0 fully saturated rings. The molecule has 0 spiro atoms. The number of ether oxygens (including phenoxy) is 3. The van der Waals surface area contributed by atoms with Crippen molar-refractivity contribution in [3.63, 3.8) is 0 Å². The van der Waals surface area contributed by atoms with Crippen LogP contribution in [0.15, 0.2) is 36.4 Å². The first kappa shape index (κ1) is 19.2. The molecular weight excluding hydrogens is 368 g/mol. The number of hydrogen-bond donors (Lipinski definition) is 1.